The molecule has 0 saturated heterocycles. The number of nitrogens with one attached hydrogen (secondary N) is 1. The molecular weight excluding hydrogens is 332 g/mol. The molecule has 1 aromatic heterocycles. The van der Waals surface area contributed by atoms with Crippen LogP contribution in [0.25, 0.3) is 6.08 Å². The minimum atomic E-state index is -0.634. The summed E-state index contributed by atoms with van der Waals surface area (Å²) in [6.45, 7) is 0. The predicted molar refractivity (Wildman–Crippen MR) is 88.9 cm³/mol. The summed E-state index contributed by atoms with van der Waals surface area (Å²) >= 11 is 1.41. The van der Waals surface area contributed by atoms with E-state index in [0.717, 1.165) is 0 Å². The number of rotatable bonds is 5. The van der Waals surface area contributed by atoms with E-state index in [0.29, 0.717) is 5.69 Å². The number of thiazole rings is 1. The quantitative estimate of drug-likeness (QED) is 0.660. The first-order chi connectivity index (χ1) is 11.5. The molecule has 0 radical (unpaired) electrons. The summed E-state index contributed by atoms with van der Waals surface area (Å²) in [5.74, 6) is -1.69. The fourth-order valence-corrected chi connectivity index (χ4v) is 2.34. The molecular formula is C16H14N2O5S. The normalized spacial score (nSPS) is 10.4. The second kappa shape index (κ2) is 8.02. The van der Waals surface area contributed by atoms with Crippen molar-refractivity contribution in [2.75, 3.05) is 19.5 Å². The smallest absolute Gasteiger partial charge is 0.339 e. The van der Waals surface area contributed by atoms with Gasteiger partial charge in [0, 0.05) is 11.5 Å². The predicted octanol–water partition coefficient (Wildman–Crippen LogP) is 2.37. The van der Waals surface area contributed by atoms with Gasteiger partial charge in [0.2, 0.25) is 5.91 Å². The summed E-state index contributed by atoms with van der Waals surface area (Å²) in [5.41, 5.74) is 2.76. The highest BCUT2D eigenvalue weighted by Gasteiger charge is 2.16. The Kier molecular flexibility index (Phi) is 5.80. The van der Waals surface area contributed by atoms with Gasteiger partial charge < -0.3 is 14.8 Å². The summed E-state index contributed by atoms with van der Waals surface area (Å²) in [7, 11) is 2.47. The third kappa shape index (κ3) is 4.26. The van der Waals surface area contributed by atoms with Crippen LogP contribution in [0.4, 0.5) is 5.69 Å². The Morgan fingerprint density at radius 3 is 2.54 bits per heavy atom. The molecule has 0 saturated carbocycles. The molecule has 0 aliphatic carbocycles. The van der Waals surface area contributed by atoms with Gasteiger partial charge in [-0.15, -0.1) is 11.3 Å². The molecule has 7 nitrogen and oxygen atoms in total. The lowest BCUT2D eigenvalue weighted by Gasteiger charge is -2.10. The minimum absolute atomic E-state index is 0.126. The molecule has 1 heterocycles. The van der Waals surface area contributed by atoms with Gasteiger partial charge in [-0.2, -0.15) is 0 Å². The molecule has 1 amide bonds. The van der Waals surface area contributed by atoms with Gasteiger partial charge in [-0.25, -0.2) is 14.6 Å². The first-order valence-corrected chi connectivity index (χ1v) is 7.67. The minimum Gasteiger partial charge on any atom is -0.465 e. The van der Waals surface area contributed by atoms with Crippen LogP contribution in [0, 0.1) is 0 Å². The number of methoxy groups -OCH3 is 2. The molecule has 1 N–H and O–H groups in total. The molecule has 0 aliphatic heterocycles. The molecule has 2 aromatic rings. The SMILES string of the molecule is COC(=O)c1ccc(C(=O)OC)c(NC(=O)C=Cc2cscn2)c1. The number of esters is 2. The molecule has 0 unspecified atom stereocenters. The molecule has 1 aromatic carbocycles. The number of ether oxygens (including phenoxy) is 2. The van der Waals surface area contributed by atoms with Crippen LogP contribution in [0.2, 0.25) is 0 Å². The van der Waals surface area contributed by atoms with E-state index in [1.54, 1.807) is 10.9 Å². The van der Waals surface area contributed by atoms with Gasteiger partial charge in [0.25, 0.3) is 0 Å². The molecule has 2 rings (SSSR count). The first kappa shape index (κ1) is 17.4. The summed E-state index contributed by atoms with van der Waals surface area (Å²) in [6.07, 6.45) is 2.81. The second-order valence-electron chi connectivity index (χ2n) is 4.48. The molecule has 0 fully saturated rings. The summed E-state index contributed by atoms with van der Waals surface area (Å²) < 4.78 is 9.30. The monoisotopic (exact) mass is 346 g/mol. The molecule has 0 bridgehead atoms. The maximum Gasteiger partial charge on any atom is 0.339 e. The first-order valence-electron chi connectivity index (χ1n) is 6.73. The number of benzene rings is 1. The fourth-order valence-electron chi connectivity index (χ4n) is 1.82. The van der Waals surface area contributed by atoms with Gasteiger partial charge in [0.15, 0.2) is 0 Å². The Balaban J connectivity index is 2.26. The van der Waals surface area contributed by atoms with Gasteiger partial charge in [0.05, 0.1) is 42.2 Å². The Morgan fingerprint density at radius 1 is 1.17 bits per heavy atom. The molecule has 0 spiro atoms. The van der Waals surface area contributed by atoms with Gasteiger partial charge in [-0.1, -0.05) is 0 Å². The van der Waals surface area contributed by atoms with Gasteiger partial charge in [-0.3, -0.25) is 4.79 Å². The van der Waals surface area contributed by atoms with Crippen molar-refractivity contribution in [1.29, 1.82) is 0 Å². The lowest BCUT2D eigenvalue weighted by Crippen LogP contribution is -2.14. The van der Waals surface area contributed by atoms with Crippen molar-refractivity contribution in [2.45, 2.75) is 0 Å². The third-order valence-corrected chi connectivity index (χ3v) is 3.57. The average Bonchev–Trinajstić information content (AvgIpc) is 3.12. The van der Waals surface area contributed by atoms with E-state index in [1.807, 2.05) is 0 Å². The Hall–Kier alpha value is -3.00. The number of hydrogen-bond donors (Lipinski definition) is 1. The Bertz CT molecular complexity index is 784. The largest absolute Gasteiger partial charge is 0.465 e. The van der Waals surface area contributed by atoms with Crippen LogP contribution >= 0.6 is 11.3 Å². The van der Waals surface area contributed by atoms with E-state index in [1.165, 1.54) is 55.9 Å². The number of anilines is 1. The van der Waals surface area contributed by atoms with Crippen LogP contribution in [0.5, 0.6) is 0 Å². The van der Waals surface area contributed by atoms with Crippen LogP contribution in [-0.2, 0) is 14.3 Å². The van der Waals surface area contributed by atoms with Crippen LogP contribution in [-0.4, -0.2) is 37.0 Å². The summed E-state index contributed by atoms with van der Waals surface area (Å²) in [5, 5.41) is 4.33. The van der Waals surface area contributed by atoms with Gasteiger partial charge in [0.1, 0.15) is 0 Å². The fraction of sp³-hybridized carbons (Fsp3) is 0.125. The van der Waals surface area contributed by atoms with Crippen LogP contribution in [0.15, 0.2) is 35.2 Å². The molecule has 124 valence electrons. The van der Waals surface area contributed by atoms with E-state index < -0.39 is 17.8 Å². The lowest BCUT2D eigenvalue weighted by atomic mass is 10.1. The molecule has 0 aliphatic rings. The number of aromatic nitrogens is 1. The van der Waals surface area contributed by atoms with Crippen molar-refractivity contribution in [2.24, 2.45) is 0 Å². The van der Waals surface area contributed by atoms with Crippen molar-refractivity contribution < 1.29 is 23.9 Å². The summed E-state index contributed by atoms with van der Waals surface area (Å²) in [4.78, 5) is 39.5. The highest BCUT2D eigenvalue weighted by molar-refractivity contribution is 7.07. The zero-order valence-electron chi connectivity index (χ0n) is 12.9. The van der Waals surface area contributed by atoms with Gasteiger partial charge in [-0.05, 0) is 24.3 Å². The van der Waals surface area contributed by atoms with Crippen molar-refractivity contribution >= 4 is 40.9 Å². The van der Waals surface area contributed by atoms with Crippen molar-refractivity contribution in [3.63, 3.8) is 0 Å². The number of hydrogen-bond acceptors (Lipinski definition) is 7. The van der Waals surface area contributed by atoms with E-state index in [9.17, 15) is 14.4 Å². The van der Waals surface area contributed by atoms with Crippen LogP contribution in [0.1, 0.15) is 26.4 Å². The number of nitrogens with zero attached hydrogens (tertiary/aromatic N) is 1. The maximum absolute atomic E-state index is 12.0. The average molecular weight is 346 g/mol. The van der Waals surface area contributed by atoms with Crippen molar-refractivity contribution in [3.05, 3.63) is 52.0 Å². The van der Waals surface area contributed by atoms with E-state index >= 15 is 0 Å². The molecule has 24 heavy (non-hydrogen) atoms. The standard InChI is InChI=1S/C16H14N2O5S/c1-22-15(20)10-3-5-12(16(21)23-2)13(7-10)18-14(19)6-4-11-8-24-9-17-11/h3-9H,1-2H3,(H,18,19). The second-order valence-corrected chi connectivity index (χ2v) is 5.20. The van der Waals surface area contributed by atoms with Gasteiger partial charge >= 0.3 is 11.9 Å². The number of amides is 1. The number of carbonyl (C=O) groups is 3. The van der Waals surface area contributed by atoms with Crippen LogP contribution < -0.4 is 5.32 Å². The van der Waals surface area contributed by atoms with E-state index in [-0.39, 0.29) is 16.8 Å². The molecule has 0 atom stereocenters. The highest BCUT2D eigenvalue weighted by Crippen LogP contribution is 2.20. The topological polar surface area (TPSA) is 94.6 Å². The highest BCUT2D eigenvalue weighted by atomic mass is 32.1. The van der Waals surface area contributed by atoms with Crippen LogP contribution in [0.3, 0.4) is 0 Å². The zero-order valence-corrected chi connectivity index (χ0v) is 13.8. The maximum atomic E-state index is 12.0. The summed E-state index contributed by atoms with van der Waals surface area (Å²) in [6, 6.07) is 4.16. The van der Waals surface area contributed by atoms with E-state index in [2.05, 4.69) is 19.8 Å². The van der Waals surface area contributed by atoms with Crippen molar-refractivity contribution in [1.82, 2.24) is 4.98 Å². The zero-order chi connectivity index (χ0) is 17.5. The van der Waals surface area contributed by atoms with E-state index in [4.69, 9.17) is 0 Å². The number of carbonyl (C=O) groups excluding carboxylic acids is 3. The molecule has 8 heteroatoms. The Morgan fingerprint density at radius 2 is 1.92 bits per heavy atom. The third-order valence-electron chi connectivity index (χ3n) is 2.96. The van der Waals surface area contributed by atoms with Crippen molar-refractivity contribution in [3.8, 4) is 0 Å². The lowest BCUT2D eigenvalue weighted by molar-refractivity contribution is -0.111. The Labute approximate surface area is 141 Å².